The van der Waals surface area contributed by atoms with E-state index in [2.05, 4.69) is 4.90 Å². The Morgan fingerprint density at radius 2 is 2.04 bits per heavy atom. The Labute approximate surface area is 141 Å². The molecule has 124 valence electrons. The first kappa shape index (κ1) is 15.2. The average molecular weight is 332 g/mol. The number of carbonyl (C=O) groups excluding carboxylic acids is 2. The van der Waals surface area contributed by atoms with E-state index in [4.69, 9.17) is 0 Å². The third-order valence-corrected chi connectivity index (χ3v) is 6.46. The molecule has 2 amide bonds. The van der Waals surface area contributed by atoms with Crippen molar-refractivity contribution in [3.05, 3.63) is 22.4 Å². The number of rotatable bonds is 3. The minimum atomic E-state index is -0.182. The van der Waals surface area contributed by atoms with Crippen LogP contribution in [0.5, 0.6) is 0 Å². The van der Waals surface area contributed by atoms with Crippen LogP contribution in [0.4, 0.5) is 0 Å². The van der Waals surface area contributed by atoms with Gasteiger partial charge in [0.1, 0.15) is 0 Å². The topological polar surface area (TPSA) is 40.6 Å². The van der Waals surface area contributed by atoms with Crippen molar-refractivity contribution >= 4 is 23.2 Å². The largest absolute Gasteiger partial charge is 0.342 e. The van der Waals surface area contributed by atoms with E-state index in [1.165, 1.54) is 12.8 Å². The highest BCUT2D eigenvalue weighted by Gasteiger charge is 2.48. The summed E-state index contributed by atoms with van der Waals surface area (Å²) >= 11 is 1.56. The number of carbonyl (C=O) groups is 2. The van der Waals surface area contributed by atoms with Crippen LogP contribution in [-0.4, -0.2) is 47.8 Å². The normalized spacial score (nSPS) is 28.4. The zero-order valence-corrected chi connectivity index (χ0v) is 14.3. The molecule has 4 nitrogen and oxygen atoms in total. The molecule has 3 fully saturated rings. The second-order valence-corrected chi connectivity index (χ2v) is 8.16. The van der Waals surface area contributed by atoms with Crippen molar-refractivity contribution in [3.8, 4) is 0 Å². The molecule has 0 radical (unpaired) electrons. The van der Waals surface area contributed by atoms with Crippen LogP contribution in [0.25, 0.3) is 0 Å². The summed E-state index contributed by atoms with van der Waals surface area (Å²) < 4.78 is 0. The maximum atomic E-state index is 12.9. The number of thiophene rings is 1. The SMILES string of the molecule is O=C(c1ccsc1)N1CCCC2(CC1)CCN(CC1CC1)C2=O. The molecule has 0 bridgehead atoms. The molecule has 1 aliphatic carbocycles. The zero-order valence-electron chi connectivity index (χ0n) is 13.5. The fourth-order valence-corrected chi connectivity index (χ4v) is 4.74. The van der Waals surface area contributed by atoms with Gasteiger partial charge in [0, 0.05) is 31.6 Å². The molecule has 3 heterocycles. The molecule has 0 N–H and O–H groups in total. The molecule has 1 aromatic heterocycles. The highest BCUT2D eigenvalue weighted by atomic mass is 32.1. The van der Waals surface area contributed by atoms with Gasteiger partial charge in [-0.05, 0) is 55.9 Å². The van der Waals surface area contributed by atoms with Gasteiger partial charge in [-0.3, -0.25) is 9.59 Å². The lowest BCUT2D eigenvalue weighted by atomic mass is 9.79. The molecular formula is C18H24N2O2S. The molecule has 1 unspecified atom stereocenters. The Morgan fingerprint density at radius 3 is 2.78 bits per heavy atom. The van der Waals surface area contributed by atoms with E-state index in [1.807, 2.05) is 21.7 Å². The first-order valence-electron chi connectivity index (χ1n) is 8.79. The molecule has 1 spiro atoms. The van der Waals surface area contributed by atoms with E-state index in [0.29, 0.717) is 5.91 Å². The fraction of sp³-hybridized carbons (Fsp3) is 0.667. The third kappa shape index (κ3) is 2.91. The van der Waals surface area contributed by atoms with Crippen molar-refractivity contribution in [2.45, 2.75) is 38.5 Å². The van der Waals surface area contributed by atoms with E-state index in [0.717, 1.165) is 63.3 Å². The molecular weight excluding hydrogens is 308 g/mol. The summed E-state index contributed by atoms with van der Waals surface area (Å²) in [6.07, 6.45) is 6.29. The van der Waals surface area contributed by atoms with Gasteiger partial charge in [0.2, 0.25) is 5.91 Å². The monoisotopic (exact) mass is 332 g/mol. The van der Waals surface area contributed by atoms with Gasteiger partial charge in [-0.15, -0.1) is 0 Å². The number of hydrogen-bond acceptors (Lipinski definition) is 3. The minimum absolute atomic E-state index is 0.128. The molecule has 2 aliphatic heterocycles. The number of likely N-dealkylation sites (tertiary alicyclic amines) is 2. The summed E-state index contributed by atoms with van der Waals surface area (Å²) in [4.78, 5) is 29.5. The van der Waals surface area contributed by atoms with E-state index in [1.54, 1.807) is 11.3 Å². The Balaban J connectivity index is 1.42. The van der Waals surface area contributed by atoms with Crippen LogP contribution in [0, 0.1) is 11.3 Å². The summed E-state index contributed by atoms with van der Waals surface area (Å²) in [5, 5.41) is 3.86. The van der Waals surface area contributed by atoms with Gasteiger partial charge in [0.25, 0.3) is 5.91 Å². The summed E-state index contributed by atoms with van der Waals surface area (Å²) in [6, 6.07) is 1.89. The van der Waals surface area contributed by atoms with Gasteiger partial charge < -0.3 is 9.80 Å². The Morgan fingerprint density at radius 1 is 1.22 bits per heavy atom. The summed E-state index contributed by atoms with van der Waals surface area (Å²) in [6.45, 7) is 3.40. The summed E-state index contributed by atoms with van der Waals surface area (Å²) in [7, 11) is 0. The smallest absolute Gasteiger partial charge is 0.254 e. The number of hydrogen-bond donors (Lipinski definition) is 0. The van der Waals surface area contributed by atoms with Crippen molar-refractivity contribution < 1.29 is 9.59 Å². The van der Waals surface area contributed by atoms with Gasteiger partial charge in [-0.2, -0.15) is 11.3 Å². The van der Waals surface area contributed by atoms with Gasteiger partial charge >= 0.3 is 0 Å². The molecule has 0 aromatic carbocycles. The summed E-state index contributed by atoms with van der Waals surface area (Å²) in [5.74, 6) is 1.26. The van der Waals surface area contributed by atoms with Gasteiger partial charge in [-0.25, -0.2) is 0 Å². The van der Waals surface area contributed by atoms with Crippen LogP contribution in [0.3, 0.4) is 0 Å². The van der Waals surface area contributed by atoms with Crippen molar-refractivity contribution in [1.29, 1.82) is 0 Å². The van der Waals surface area contributed by atoms with E-state index >= 15 is 0 Å². The molecule has 1 saturated carbocycles. The molecule has 5 heteroatoms. The predicted molar refractivity (Wildman–Crippen MR) is 90.4 cm³/mol. The third-order valence-electron chi connectivity index (χ3n) is 5.78. The Kier molecular flexibility index (Phi) is 3.92. The van der Waals surface area contributed by atoms with Gasteiger partial charge in [-0.1, -0.05) is 0 Å². The van der Waals surface area contributed by atoms with E-state index < -0.39 is 0 Å². The minimum Gasteiger partial charge on any atom is -0.342 e. The van der Waals surface area contributed by atoms with Gasteiger partial charge in [0.05, 0.1) is 11.0 Å². The van der Waals surface area contributed by atoms with Crippen molar-refractivity contribution in [3.63, 3.8) is 0 Å². The van der Waals surface area contributed by atoms with Crippen LogP contribution < -0.4 is 0 Å². The second kappa shape index (κ2) is 5.93. The quantitative estimate of drug-likeness (QED) is 0.854. The van der Waals surface area contributed by atoms with Crippen molar-refractivity contribution in [2.75, 3.05) is 26.2 Å². The average Bonchev–Trinajstić information content (AvgIpc) is 3.18. The van der Waals surface area contributed by atoms with Crippen LogP contribution in [-0.2, 0) is 4.79 Å². The second-order valence-electron chi connectivity index (χ2n) is 7.38. The molecule has 2 saturated heterocycles. The standard InChI is InChI=1S/C18H24N2O2S/c21-16(15-4-11-23-13-15)19-8-1-5-18(6-9-19)7-10-20(17(18)22)12-14-2-3-14/h4,11,13-14H,1-3,5-10,12H2. The van der Waals surface area contributed by atoms with Crippen LogP contribution in [0.2, 0.25) is 0 Å². The van der Waals surface area contributed by atoms with Crippen molar-refractivity contribution in [1.82, 2.24) is 9.80 Å². The first-order valence-corrected chi connectivity index (χ1v) is 9.73. The fourth-order valence-electron chi connectivity index (χ4n) is 4.11. The Bertz CT molecular complexity index is 596. The number of amides is 2. The van der Waals surface area contributed by atoms with Crippen LogP contribution in [0.1, 0.15) is 48.9 Å². The van der Waals surface area contributed by atoms with Gasteiger partial charge in [0.15, 0.2) is 0 Å². The zero-order chi connectivity index (χ0) is 15.9. The van der Waals surface area contributed by atoms with Crippen molar-refractivity contribution in [2.24, 2.45) is 11.3 Å². The van der Waals surface area contributed by atoms with Crippen LogP contribution in [0.15, 0.2) is 16.8 Å². The van der Waals surface area contributed by atoms with E-state index in [-0.39, 0.29) is 11.3 Å². The molecule has 1 aromatic rings. The predicted octanol–water partition coefficient (Wildman–Crippen LogP) is 3.00. The molecule has 4 rings (SSSR count). The molecule has 1 atom stereocenters. The lowest BCUT2D eigenvalue weighted by molar-refractivity contribution is -0.136. The molecule has 23 heavy (non-hydrogen) atoms. The molecule has 3 aliphatic rings. The maximum Gasteiger partial charge on any atom is 0.254 e. The van der Waals surface area contributed by atoms with Crippen LogP contribution >= 0.6 is 11.3 Å². The highest BCUT2D eigenvalue weighted by Crippen LogP contribution is 2.43. The number of nitrogens with zero attached hydrogens (tertiary/aromatic N) is 2. The lowest BCUT2D eigenvalue weighted by Gasteiger charge is -2.26. The lowest BCUT2D eigenvalue weighted by Crippen LogP contribution is -2.37. The maximum absolute atomic E-state index is 12.9. The highest BCUT2D eigenvalue weighted by molar-refractivity contribution is 7.08. The first-order chi connectivity index (χ1) is 11.2. The Hall–Kier alpha value is -1.36. The van der Waals surface area contributed by atoms with E-state index in [9.17, 15) is 9.59 Å². The summed E-state index contributed by atoms with van der Waals surface area (Å²) in [5.41, 5.74) is 0.609.